The average Bonchev–Trinajstić information content (AvgIpc) is 2.97. The first kappa shape index (κ1) is 14.2. The lowest BCUT2D eigenvalue weighted by molar-refractivity contribution is -0.130. The second kappa shape index (κ2) is 5.37. The molecule has 6 heteroatoms. The first-order valence-electron chi connectivity index (χ1n) is 8.10. The molecule has 1 aliphatic carbocycles. The zero-order valence-electron chi connectivity index (χ0n) is 13.2. The van der Waals surface area contributed by atoms with E-state index in [-0.39, 0.29) is 18.0 Å². The second-order valence-electron chi connectivity index (χ2n) is 6.65. The number of aromatic nitrogens is 2. The molecule has 2 aromatic rings. The number of likely N-dealkylation sites (tertiary alicyclic amines) is 1. The Balaban J connectivity index is 1.40. The Morgan fingerprint density at radius 2 is 2.04 bits per heavy atom. The third kappa shape index (κ3) is 2.81. The van der Waals surface area contributed by atoms with E-state index in [1.165, 1.54) is 12.8 Å². The molecule has 0 radical (unpaired) electrons. The minimum absolute atomic E-state index is 0.105. The van der Waals surface area contributed by atoms with E-state index in [1.54, 1.807) is 0 Å². The van der Waals surface area contributed by atoms with Gasteiger partial charge in [0, 0.05) is 18.7 Å². The minimum atomic E-state index is -0.368. The van der Waals surface area contributed by atoms with E-state index in [9.17, 15) is 4.79 Å². The highest BCUT2D eigenvalue weighted by Crippen LogP contribution is 2.52. The van der Waals surface area contributed by atoms with Crippen LogP contribution in [0.2, 0.25) is 0 Å². The number of benzene rings is 1. The van der Waals surface area contributed by atoms with Gasteiger partial charge in [-0.3, -0.25) is 4.79 Å². The number of nitrogens with zero attached hydrogens (tertiary/aromatic N) is 3. The number of carbonyl (C=O) groups is 1. The number of rotatable bonds is 4. The molecule has 0 bridgehead atoms. The summed E-state index contributed by atoms with van der Waals surface area (Å²) in [7, 11) is 0. The third-order valence-electron chi connectivity index (χ3n) is 4.86. The lowest BCUT2D eigenvalue weighted by atomic mass is 10.1. The van der Waals surface area contributed by atoms with Crippen LogP contribution < -0.4 is 5.32 Å². The van der Waals surface area contributed by atoms with Crippen molar-refractivity contribution in [2.45, 2.75) is 32.2 Å². The summed E-state index contributed by atoms with van der Waals surface area (Å²) in [5, 5.41) is 11.0. The standard InChI is InChI=1S/C17H20N4O2/c1-12(15(22)21-10-9-17(11-21)7-8-17)18-16-20-19-14(23-16)13-5-3-2-4-6-13/h2-6,12H,7-11H2,1H3,(H,18,20)/t12-/m1/s1. The number of hydrogen-bond acceptors (Lipinski definition) is 5. The van der Waals surface area contributed by atoms with Gasteiger partial charge in [0.2, 0.25) is 11.8 Å². The normalized spacial score (nSPS) is 19.8. The lowest BCUT2D eigenvalue weighted by Crippen LogP contribution is -2.40. The van der Waals surface area contributed by atoms with Gasteiger partial charge in [0.1, 0.15) is 6.04 Å². The molecule has 120 valence electrons. The summed E-state index contributed by atoms with van der Waals surface area (Å²) in [6.07, 6.45) is 3.68. The van der Waals surface area contributed by atoms with Crippen LogP contribution in [0.25, 0.3) is 11.5 Å². The Kier molecular flexibility index (Phi) is 3.32. The average molecular weight is 312 g/mol. The summed E-state index contributed by atoms with van der Waals surface area (Å²) in [4.78, 5) is 14.5. The molecule has 1 aromatic carbocycles. The number of carbonyl (C=O) groups excluding carboxylic acids is 1. The Hall–Kier alpha value is -2.37. The number of anilines is 1. The van der Waals surface area contributed by atoms with E-state index in [4.69, 9.17) is 4.42 Å². The van der Waals surface area contributed by atoms with Gasteiger partial charge in [-0.05, 0) is 43.7 Å². The van der Waals surface area contributed by atoms with Crippen molar-refractivity contribution >= 4 is 11.9 Å². The number of nitrogens with one attached hydrogen (secondary N) is 1. The van der Waals surface area contributed by atoms with Crippen LogP contribution in [-0.2, 0) is 4.79 Å². The predicted octanol–water partition coefficient (Wildman–Crippen LogP) is 2.55. The monoisotopic (exact) mass is 312 g/mol. The van der Waals surface area contributed by atoms with E-state index < -0.39 is 0 Å². The van der Waals surface area contributed by atoms with Gasteiger partial charge in [0.25, 0.3) is 0 Å². The van der Waals surface area contributed by atoms with Gasteiger partial charge in [0.15, 0.2) is 0 Å². The Morgan fingerprint density at radius 1 is 1.26 bits per heavy atom. The quantitative estimate of drug-likeness (QED) is 0.939. The summed E-state index contributed by atoms with van der Waals surface area (Å²) < 4.78 is 5.60. The molecule has 1 aliphatic heterocycles. The summed E-state index contributed by atoms with van der Waals surface area (Å²) in [6, 6.07) is 9.50. The van der Waals surface area contributed by atoms with Crippen LogP contribution in [0, 0.1) is 5.41 Å². The second-order valence-corrected chi connectivity index (χ2v) is 6.65. The summed E-state index contributed by atoms with van der Waals surface area (Å²) in [6.45, 7) is 3.60. The summed E-state index contributed by atoms with van der Waals surface area (Å²) in [5.74, 6) is 0.555. The summed E-state index contributed by atoms with van der Waals surface area (Å²) >= 11 is 0. The van der Waals surface area contributed by atoms with Crippen molar-refractivity contribution < 1.29 is 9.21 Å². The molecule has 2 heterocycles. The molecule has 6 nitrogen and oxygen atoms in total. The van der Waals surface area contributed by atoms with Crippen LogP contribution in [0.1, 0.15) is 26.2 Å². The van der Waals surface area contributed by atoms with Crippen LogP contribution >= 0.6 is 0 Å². The van der Waals surface area contributed by atoms with Gasteiger partial charge in [0.05, 0.1) is 0 Å². The fraction of sp³-hybridized carbons (Fsp3) is 0.471. The molecule has 4 rings (SSSR count). The van der Waals surface area contributed by atoms with Crippen molar-refractivity contribution in [3.05, 3.63) is 30.3 Å². The van der Waals surface area contributed by atoms with Gasteiger partial charge in [-0.15, -0.1) is 5.10 Å². The molecule has 2 fully saturated rings. The summed E-state index contributed by atoms with van der Waals surface area (Å²) in [5.41, 5.74) is 1.31. The van der Waals surface area contributed by atoms with Crippen molar-refractivity contribution in [1.29, 1.82) is 0 Å². The lowest BCUT2D eigenvalue weighted by Gasteiger charge is -2.21. The maximum absolute atomic E-state index is 12.5. The zero-order valence-corrected chi connectivity index (χ0v) is 13.2. The largest absolute Gasteiger partial charge is 0.403 e. The first-order valence-corrected chi connectivity index (χ1v) is 8.10. The maximum Gasteiger partial charge on any atom is 0.316 e. The van der Waals surface area contributed by atoms with Gasteiger partial charge in [-0.1, -0.05) is 23.3 Å². The first-order chi connectivity index (χ1) is 11.2. The highest BCUT2D eigenvalue weighted by Gasteiger charge is 2.49. The van der Waals surface area contributed by atoms with E-state index in [0.717, 1.165) is 25.1 Å². The molecule has 2 aliphatic rings. The molecule has 23 heavy (non-hydrogen) atoms. The van der Waals surface area contributed by atoms with Crippen molar-refractivity contribution in [2.75, 3.05) is 18.4 Å². The van der Waals surface area contributed by atoms with E-state index >= 15 is 0 Å². The van der Waals surface area contributed by atoms with E-state index in [0.29, 0.717) is 11.3 Å². The molecule has 1 atom stereocenters. The van der Waals surface area contributed by atoms with Crippen LogP contribution in [0.5, 0.6) is 0 Å². The van der Waals surface area contributed by atoms with Crippen molar-refractivity contribution in [2.24, 2.45) is 5.41 Å². The fourth-order valence-electron chi connectivity index (χ4n) is 3.21. The van der Waals surface area contributed by atoms with Crippen molar-refractivity contribution in [3.8, 4) is 11.5 Å². The predicted molar refractivity (Wildman–Crippen MR) is 85.7 cm³/mol. The van der Waals surface area contributed by atoms with Crippen LogP contribution in [0.4, 0.5) is 6.01 Å². The molecule has 1 amide bonds. The molecule has 1 aromatic heterocycles. The number of amides is 1. The highest BCUT2D eigenvalue weighted by molar-refractivity contribution is 5.84. The van der Waals surface area contributed by atoms with Crippen molar-refractivity contribution in [3.63, 3.8) is 0 Å². The molecule has 1 spiro atoms. The van der Waals surface area contributed by atoms with Gasteiger partial charge in [-0.25, -0.2) is 0 Å². The van der Waals surface area contributed by atoms with Crippen LogP contribution in [-0.4, -0.2) is 40.1 Å². The van der Waals surface area contributed by atoms with Crippen molar-refractivity contribution in [1.82, 2.24) is 15.1 Å². The Bertz CT molecular complexity index is 708. The minimum Gasteiger partial charge on any atom is -0.403 e. The highest BCUT2D eigenvalue weighted by atomic mass is 16.4. The molecule has 1 N–H and O–H groups in total. The van der Waals surface area contributed by atoms with Gasteiger partial charge in [-0.2, -0.15) is 0 Å². The Morgan fingerprint density at radius 3 is 2.74 bits per heavy atom. The van der Waals surface area contributed by atoms with Crippen LogP contribution in [0.3, 0.4) is 0 Å². The maximum atomic E-state index is 12.5. The zero-order chi connectivity index (χ0) is 15.9. The number of hydrogen-bond donors (Lipinski definition) is 1. The van der Waals surface area contributed by atoms with E-state index in [2.05, 4.69) is 15.5 Å². The SMILES string of the molecule is C[C@@H](Nc1nnc(-c2ccccc2)o1)C(=O)N1CCC2(CC2)C1. The molecular weight excluding hydrogens is 292 g/mol. The van der Waals surface area contributed by atoms with E-state index in [1.807, 2.05) is 42.2 Å². The van der Waals surface area contributed by atoms with Gasteiger partial charge < -0.3 is 14.6 Å². The molecule has 0 unspecified atom stereocenters. The smallest absolute Gasteiger partial charge is 0.316 e. The fourth-order valence-corrected chi connectivity index (χ4v) is 3.21. The molecule has 1 saturated carbocycles. The van der Waals surface area contributed by atoms with Gasteiger partial charge >= 0.3 is 6.01 Å². The van der Waals surface area contributed by atoms with Crippen LogP contribution in [0.15, 0.2) is 34.7 Å². The third-order valence-corrected chi connectivity index (χ3v) is 4.86. The molecular formula is C17H20N4O2. The Labute approximate surface area is 134 Å². The topological polar surface area (TPSA) is 71.3 Å². The molecule has 1 saturated heterocycles.